The Balaban J connectivity index is 2.89. The first-order valence-corrected chi connectivity index (χ1v) is 5.64. The molecule has 0 unspecified atom stereocenters. The number of nitrogens with one attached hydrogen (secondary N) is 1. The van der Waals surface area contributed by atoms with Gasteiger partial charge in [-0.25, -0.2) is 0 Å². The minimum Gasteiger partial charge on any atom is -0.301 e. The van der Waals surface area contributed by atoms with E-state index in [1.165, 1.54) is 24.3 Å². The molecule has 2 aromatic rings. The molecule has 0 aromatic heterocycles. The van der Waals surface area contributed by atoms with E-state index < -0.39 is 10.1 Å². The molecule has 4 nitrogen and oxygen atoms in total. The summed E-state index contributed by atoms with van der Waals surface area (Å²) in [6, 6.07) is 9.11. The van der Waals surface area contributed by atoms with Crippen molar-refractivity contribution in [2.45, 2.75) is 4.90 Å². The van der Waals surface area contributed by atoms with Crippen molar-refractivity contribution >= 4 is 26.6 Å². The van der Waals surface area contributed by atoms with Crippen molar-refractivity contribution in [2.75, 3.05) is 0 Å². The topological polar surface area (TPSA) is 78.2 Å². The van der Waals surface area contributed by atoms with Crippen molar-refractivity contribution < 1.29 is 13.0 Å². The van der Waals surface area contributed by atoms with Gasteiger partial charge in [-0.2, -0.15) is 8.42 Å². The third-order valence-corrected chi connectivity index (χ3v) is 3.03. The summed E-state index contributed by atoms with van der Waals surface area (Å²) in [5.74, 6) is 0. The van der Waals surface area contributed by atoms with Gasteiger partial charge in [-0.15, -0.1) is 0 Å². The monoisotopic (exact) mass is 222 g/mol. The van der Waals surface area contributed by atoms with Crippen molar-refractivity contribution in [2.24, 2.45) is 0 Å². The van der Waals surface area contributed by atoms with Crippen LogP contribution in [0.25, 0.3) is 10.8 Å². The summed E-state index contributed by atoms with van der Waals surface area (Å²) in [5, 5.41) is 1.05. The lowest BCUT2D eigenvalue weighted by Gasteiger charge is -2.03. The van der Waals surface area contributed by atoms with Crippen LogP contribution in [0.2, 0.25) is 0 Å². The van der Waals surface area contributed by atoms with Gasteiger partial charge in [0.2, 0.25) is 0 Å². The van der Waals surface area contributed by atoms with Gasteiger partial charge in [0.15, 0.2) is 0 Å². The third-order valence-electron chi connectivity index (χ3n) is 2.12. The molecule has 0 fully saturated rings. The highest BCUT2D eigenvalue weighted by molar-refractivity contribution is 7.86. The molecule has 0 bridgehead atoms. The fraction of sp³-hybridized carbons (Fsp3) is 0. The van der Waals surface area contributed by atoms with E-state index in [4.69, 9.17) is 10.3 Å². The zero-order chi connectivity index (χ0) is 11.1. The van der Waals surface area contributed by atoms with E-state index >= 15 is 0 Å². The van der Waals surface area contributed by atoms with Gasteiger partial charge in [-0.1, -0.05) is 18.2 Å². The first-order valence-electron chi connectivity index (χ1n) is 4.20. The van der Waals surface area contributed by atoms with Crippen molar-refractivity contribution in [3.05, 3.63) is 36.4 Å². The van der Waals surface area contributed by atoms with E-state index in [0.717, 1.165) is 0 Å². The Kier molecular flexibility index (Phi) is 2.13. The Hall–Kier alpha value is -1.59. The molecule has 15 heavy (non-hydrogen) atoms. The van der Waals surface area contributed by atoms with Crippen LogP contribution >= 0.6 is 0 Å². The lowest BCUT2D eigenvalue weighted by Crippen LogP contribution is -1.98. The van der Waals surface area contributed by atoms with Crippen LogP contribution in [-0.4, -0.2) is 13.0 Å². The van der Waals surface area contributed by atoms with Gasteiger partial charge in [0.1, 0.15) is 4.90 Å². The van der Waals surface area contributed by atoms with Crippen LogP contribution in [0.4, 0.5) is 5.69 Å². The Bertz CT molecular complexity index is 620. The molecule has 0 aliphatic rings. The lowest BCUT2D eigenvalue weighted by molar-refractivity contribution is 0.484. The highest BCUT2D eigenvalue weighted by Gasteiger charge is 2.12. The smallest absolute Gasteiger partial charge is 0.295 e. The Morgan fingerprint density at radius 1 is 1.13 bits per heavy atom. The largest absolute Gasteiger partial charge is 0.301 e. The second kappa shape index (κ2) is 3.22. The maximum absolute atomic E-state index is 11.0. The standard InChI is InChI=1S/C10H8NO3S/c11-8-4-5-9-7(6-8)2-1-3-10(9)15(12,13)14/h1-6,11H,(H,12,13,14). The molecule has 1 radical (unpaired) electrons. The van der Waals surface area contributed by atoms with Crippen LogP contribution in [0.15, 0.2) is 41.3 Å². The summed E-state index contributed by atoms with van der Waals surface area (Å²) >= 11 is 0. The predicted octanol–water partition coefficient (Wildman–Crippen LogP) is 2.00. The van der Waals surface area contributed by atoms with Crippen LogP contribution in [0.1, 0.15) is 0 Å². The maximum atomic E-state index is 11.0. The number of fused-ring (bicyclic) bond motifs is 1. The van der Waals surface area contributed by atoms with Gasteiger partial charge in [0, 0.05) is 5.39 Å². The maximum Gasteiger partial charge on any atom is 0.295 e. The number of hydrogen-bond donors (Lipinski definition) is 1. The normalized spacial score (nSPS) is 11.8. The van der Waals surface area contributed by atoms with Gasteiger partial charge in [-0.3, -0.25) is 4.55 Å². The summed E-state index contributed by atoms with van der Waals surface area (Å²) in [6.45, 7) is 0. The first kappa shape index (κ1) is 9.95. The third kappa shape index (κ3) is 1.79. The second-order valence-electron chi connectivity index (χ2n) is 3.17. The molecule has 0 atom stereocenters. The quantitative estimate of drug-likeness (QED) is 0.749. The highest BCUT2D eigenvalue weighted by atomic mass is 32.2. The van der Waals surface area contributed by atoms with Gasteiger partial charge < -0.3 is 5.73 Å². The second-order valence-corrected chi connectivity index (χ2v) is 4.56. The van der Waals surface area contributed by atoms with Gasteiger partial charge >= 0.3 is 0 Å². The molecule has 2 aromatic carbocycles. The van der Waals surface area contributed by atoms with E-state index in [1.54, 1.807) is 12.1 Å². The van der Waals surface area contributed by atoms with E-state index in [2.05, 4.69) is 0 Å². The Morgan fingerprint density at radius 2 is 1.87 bits per heavy atom. The fourth-order valence-electron chi connectivity index (χ4n) is 1.48. The molecule has 0 amide bonds. The molecule has 77 valence electrons. The summed E-state index contributed by atoms with van der Waals surface area (Å²) in [6.07, 6.45) is 0. The summed E-state index contributed by atoms with van der Waals surface area (Å²) < 4.78 is 31.1. The lowest BCUT2D eigenvalue weighted by atomic mass is 10.1. The summed E-state index contributed by atoms with van der Waals surface area (Å²) in [4.78, 5) is -0.125. The molecule has 2 N–H and O–H groups in total. The number of benzene rings is 2. The first-order chi connectivity index (χ1) is 6.98. The summed E-state index contributed by atoms with van der Waals surface area (Å²) in [7, 11) is -4.20. The zero-order valence-electron chi connectivity index (χ0n) is 7.64. The minimum atomic E-state index is -4.20. The number of hydrogen-bond acceptors (Lipinski definition) is 2. The van der Waals surface area contributed by atoms with Crippen molar-refractivity contribution in [3.63, 3.8) is 0 Å². The molecule has 0 spiro atoms. The minimum absolute atomic E-state index is 0.125. The van der Waals surface area contributed by atoms with Gasteiger partial charge in [0.05, 0.1) is 5.69 Å². The average molecular weight is 222 g/mol. The zero-order valence-corrected chi connectivity index (χ0v) is 8.45. The molecule has 5 heteroatoms. The molecule has 0 aliphatic carbocycles. The molecule has 0 aliphatic heterocycles. The van der Waals surface area contributed by atoms with Gasteiger partial charge in [-0.05, 0) is 23.6 Å². The molecule has 0 saturated carbocycles. The van der Waals surface area contributed by atoms with E-state index in [1.807, 2.05) is 0 Å². The van der Waals surface area contributed by atoms with Gasteiger partial charge in [0.25, 0.3) is 10.1 Å². The summed E-state index contributed by atoms with van der Waals surface area (Å²) in [5.41, 5.74) is 7.69. The van der Waals surface area contributed by atoms with Crippen LogP contribution in [-0.2, 0) is 10.1 Å². The molecular formula is C10H8NO3S. The fourth-order valence-corrected chi connectivity index (χ4v) is 2.19. The van der Waals surface area contributed by atoms with Crippen molar-refractivity contribution in [3.8, 4) is 0 Å². The van der Waals surface area contributed by atoms with Crippen LogP contribution in [0, 0.1) is 0 Å². The Labute approximate surface area is 87.1 Å². The van der Waals surface area contributed by atoms with Crippen LogP contribution in [0.3, 0.4) is 0 Å². The number of rotatable bonds is 1. The van der Waals surface area contributed by atoms with E-state index in [9.17, 15) is 8.42 Å². The van der Waals surface area contributed by atoms with E-state index in [-0.39, 0.29) is 4.90 Å². The van der Waals surface area contributed by atoms with Crippen molar-refractivity contribution in [1.29, 1.82) is 0 Å². The van der Waals surface area contributed by atoms with E-state index in [0.29, 0.717) is 16.5 Å². The highest BCUT2D eigenvalue weighted by Crippen LogP contribution is 2.24. The van der Waals surface area contributed by atoms with Crippen LogP contribution in [0.5, 0.6) is 0 Å². The predicted molar refractivity (Wildman–Crippen MR) is 56.5 cm³/mol. The molecule has 0 saturated heterocycles. The SMILES string of the molecule is [NH]c1ccc2c(S(=O)(=O)O)cccc2c1. The van der Waals surface area contributed by atoms with Crippen LogP contribution < -0.4 is 5.73 Å². The molecule has 0 heterocycles. The molecule has 2 rings (SSSR count). The average Bonchev–Trinajstić information content (AvgIpc) is 2.15. The van der Waals surface area contributed by atoms with Crippen molar-refractivity contribution in [1.82, 2.24) is 5.73 Å². The Morgan fingerprint density at radius 3 is 2.53 bits per heavy atom. The molecular weight excluding hydrogens is 214 g/mol.